The highest BCUT2D eigenvalue weighted by Gasteiger charge is 2.45. The van der Waals surface area contributed by atoms with Crippen LogP contribution in [0.3, 0.4) is 0 Å². The van der Waals surface area contributed by atoms with Crippen molar-refractivity contribution in [1.82, 2.24) is 25.2 Å². The molecule has 7 rings (SSSR count). The second-order valence-corrected chi connectivity index (χ2v) is 12.2. The largest absolute Gasteiger partial charge is 0.477 e. The van der Waals surface area contributed by atoms with E-state index in [1.807, 2.05) is 6.07 Å². The van der Waals surface area contributed by atoms with Crippen LogP contribution in [-0.2, 0) is 0 Å². The first-order valence-electron chi connectivity index (χ1n) is 15.5. The number of benzene rings is 2. The summed E-state index contributed by atoms with van der Waals surface area (Å²) >= 11 is 0. The van der Waals surface area contributed by atoms with Crippen LogP contribution in [0.15, 0.2) is 30.3 Å². The maximum absolute atomic E-state index is 16.8. The third-order valence-corrected chi connectivity index (χ3v) is 9.34. The van der Waals surface area contributed by atoms with E-state index in [1.54, 1.807) is 18.2 Å². The number of terminal acetylenes is 1. The molecule has 8 nitrogen and oxygen atoms in total. The van der Waals surface area contributed by atoms with E-state index in [1.165, 1.54) is 6.07 Å². The maximum atomic E-state index is 16.8. The minimum Gasteiger partial charge on any atom is -0.477 e. The Morgan fingerprint density at radius 1 is 1.09 bits per heavy atom. The van der Waals surface area contributed by atoms with Crippen LogP contribution in [0.1, 0.15) is 44.6 Å². The van der Waals surface area contributed by atoms with E-state index >= 15 is 4.39 Å². The molecule has 3 aliphatic heterocycles. The van der Waals surface area contributed by atoms with Crippen molar-refractivity contribution in [3.63, 3.8) is 0 Å². The van der Waals surface area contributed by atoms with Gasteiger partial charge in [0.2, 0.25) is 5.88 Å². The Hall–Kier alpha value is -4.07. The van der Waals surface area contributed by atoms with Gasteiger partial charge in [-0.2, -0.15) is 9.97 Å². The van der Waals surface area contributed by atoms with Gasteiger partial charge >= 0.3 is 6.01 Å². The zero-order valence-electron chi connectivity index (χ0n) is 24.9. The lowest BCUT2D eigenvalue weighted by Gasteiger charge is -2.31. The SMILES string of the molecule is C#Cc1c(F)ccc2cccc(-c3nc4c5c(nc(OCC67CCCN6CCC7)nc5c3F)NCCNCC(C)CCO4)c12. The average molecular weight is 599 g/mol. The molecule has 1 unspecified atom stereocenters. The molecule has 228 valence electrons. The third-order valence-electron chi connectivity index (χ3n) is 9.34. The van der Waals surface area contributed by atoms with E-state index in [-0.39, 0.29) is 34.2 Å². The number of aromatic nitrogens is 3. The smallest absolute Gasteiger partial charge is 0.319 e. The lowest BCUT2D eigenvalue weighted by Crippen LogP contribution is -2.43. The van der Waals surface area contributed by atoms with Gasteiger partial charge in [0.1, 0.15) is 34.8 Å². The highest BCUT2D eigenvalue weighted by atomic mass is 19.1. The monoisotopic (exact) mass is 598 g/mol. The van der Waals surface area contributed by atoms with Crippen LogP contribution in [0.4, 0.5) is 14.6 Å². The lowest BCUT2D eigenvalue weighted by atomic mass is 9.95. The molecule has 1 atom stereocenters. The molecule has 2 aromatic heterocycles. The molecule has 4 aromatic rings. The first kappa shape index (κ1) is 28.7. The van der Waals surface area contributed by atoms with Gasteiger partial charge in [-0.05, 0) is 69.1 Å². The van der Waals surface area contributed by atoms with Crippen molar-refractivity contribution in [2.24, 2.45) is 5.92 Å². The van der Waals surface area contributed by atoms with E-state index in [9.17, 15) is 4.39 Å². The Labute approximate surface area is 255 Å². The number of rotatable bonds is 4. The van der Waals surface area contributed by atoms with Gasteiger partial charge < -0.3 is 20.1 Å². The van der Waals surface area contributed by atoms with Crippen LogP contribution in [0.25, 0.3) is 32.9 Å². The Bertz CT molecular complexity index is 1760. The predicted octanol–water partition coefficient (Wildman–Crippen LogP) is 5.53. The van der Waals surface area contributed by atoms with Crippen LogP contribution >= 0.6 is 0 Å². The zero-order chi connectivity index (χ0) is 30.3. The highest BCUT2D eigenvalue weighted by molar-refractivity contribution is 6.03. The summed E-state index contributed by atoms with van der Waals surface area (Å²) in [5.74, 6) is 2.18. The van der Waals surface area contributed by atoms with Crippen molar-refractivity contribution in [3.05, 3.63) is 47.5 Å². The lowest BCUT2D eigenvalue weighted by molar-refractivity contribution is 0.108. The van der Waals surface area contributed by atoms with Crippen molar-refractivity contribution in [1.29, 1.82) is 0 Å². The summed E-state index contributed by atoms with van der Waals surface area (Å²) in [5, 5.41) is 8.23. The highest BCUT2D eigenvalue weighted by Crippen LogP contribution is 2.41. The molecule has 3 aliphatic rings. The molecule has 44 heavy (non-hydrogen) atoms. The topological polar surface area (TPSA) is 84.4 Å². The van der Waals surface area contributed by atoms with Crippen molar-refractivity contribution < 1.29 is 18.3 Å². The van der Waals surface area contributed by atoms with E-state index in [4.69, 9.17) is 25.9 Å². The Morgan fingerprint density at radius 3 is 2.75 bits per heavy atom. The number of nitrogens with zero attached hydrogens (tertiary/aromatic N) is 4. The maximum Gasteiger partial charge on any atom is 0.319 e. The molecule has 0 aliphatic carbocycles. The zero-order valence-corrected chi connectivity index (χ0v) is 24.9. The molecule has 2 fully saturated rings. The average Bonchev–Trinajstić information content (AvgIpc) is 3.61. The second kappa shape index (κ2) is 11.8. The number of halogens is 2. The van der Waals surface area contributed by atoms with Gasteiger partial charge in [0.25, 0.3) is 0 Å². The van der Waals surface area contributed by atoms with Crippen molar-refractivity contribution >= 4 is 27.5 Å². The predicted molar refractivity (Wildman–Crippen MR) is 167 cm³/mol. The summed E-state index contributed by atoms with van der Waals surface area (Å²) in [6.45, 7) is 7.17. The number of fused-ring (bicyclic) bond motifs is 2. The van der Waals surface area contributed by atoms with E-state index in [2.05, 4.69) is 33.4 Å². The number of ether oxygens (including phenoxy) is 2. The fourth-order valence-corrected chi connectivity index (χ4v) is 7.02. The molecule has 10 heteroatoms. The molecular formula is C34H36F2N6O2. The number of anilines is 1. The van der Waals surface area contributed by atoms with Gasteiger partial charge in [0.15, 0.2) is 5.82 Å². The quantitative estimate of drug-likeness (QED) is 0.297. The molecule has 2 N–H and O–H groups in total. The molecule has 0 spiro atoms. The molecule has 0 radical (unpaired) electrons. The number of pyridine rings is 1. The molecule has 0 amide bonds. The summed E-state index contributed by atoms with van der Waals surface area (Å²) in [6.07, 6.45) is 10.9. The van der Waals surface area contributed by atoms with Crippen LogP contribution in [0, 0.1) is 29.9 Å². The van der Waals surface area contributed by atoms with Crippen molar-refractivity contribution in [2.45, 2.75) is 44.6 Å². The molecule has 0 saturated carbocycles. The van der Waals surface area contributed by atoms with Crippen LogP contribution < -0.4 is 20.1 Å². The summed E-state index contributed by atoms with van der Waals surface area (Å²) < 4.78 is 44.3. The molecule has 0 bridgehead atoms. The van der Waals surface area contributed by atoms with Crippen LogP contribution in [0.5, 0.6) is 11.9 Å². The van der Waals surface area contributed by atoms with E-state index in [0.29, 0.717) is 59.8 Å². The fourth-order valence-electron chi connectivity index (χ4n) is 7.02. The van der Waals surface area contributed by atoms with E-state index in [0.717, 1.165) is 51.7 Å². The minimum absolute atomic E-state index is 0.0195. The molecule has 2 saturated heterocycles. The standard InChI is InChI=1S/C34H36F2N6O2/c1-3-23-25(35)10-9-22-7-4-8-24(26(22)23)29-28(36)30-27-31(38-15-14-37-19-21(2)11-18-43-32(27)39-29)41-33(40-30)44-20-34-12-5-16-42(34)17-6-13-34/h1,4,7-10,21,37H,5-6,11-20H2,2H3,(H,38,40,41). The van der Waals surface area contributed by atoms with Crippen molar-refractivity contribution in [2.75, 3.05) is 51.3 Å². The van der Waals surface area contributed by atoms with Gasteiger partial charge in [-0.1, -0.05) is 37.1 Å². The van der Waals surface area contributed by atoms with Gasteiger partial charge in [-0.25, -0.2) is 13.8 Å². The van der Waals surface area contributed by atoms with Gasteiger partial charge in [-0.3, -0.25) is 4.90 Å². The fraction of sp³-hybridized carbons (Fsp3) is 0.441. The normalized spacial score (nSPS) is 20.3. The minimum atomic E-state index is -0.678. The first-order valence-corrected chi connectivity index (χ1v) is 15.5. The Kier molecular flexibility index (Phi) is 7.69. The summed E-state index contributed by atoms with van der Waals surface area (Å²) in [5.41, 5.74) is 0.391. The summed E-state index contributed by atoms with van der Waals surface area (Å²) in [4.78, 5) is 16.6. The summed E-state index contributed by atoms with van der Waals surface area (Å²) in [6, 6.07) is 8.33. The second-order valence-electron chi connectivity index (χ2n) is 12.2. The molecular weight excluding hydrogens is 562 g/mol. The van der Waals surface area contributed by atoms with Crippen LogP contribution in [0.2, 0.25) is 0 Å². The molecule has 2 aromatic carbocycles. The Morgan fingerprint density at radius 2 is 1.93 bits per heavy atom. The Balaban J connectivity index is 1.41. The summed E-state index contributed by atoms with van der Waals surface area (Å²) in [7, 11) is 0. The number of nitrogens with one attached hydrogen (secondary N) is 2. The van der Waals surface area contributed by atoms with Gasteiger partial charge in [0, 0.05) is 24.0 Å². The van der Waals surface area contributed by atoms with Crippen molar-refractivity contribution in [3.8, 4) is 35.5 Å². The number of hydrogen-bond donors (Lipinski definition) is 2. The third kappa shape index (κ3) is 5.08. The molecule has 5 heterocycles. The van der Waals surface area contributed by atoms with Crippen LogP contribution in [-0.4, -0.2) is 71.3 Å². The van der Waals surface area contributed by atoms with Gasteiger partial charge in [-0.15, -0.1) is 6.42 Å². The number of hydrogen-bond acceptors (Lipinski definition) is 8. The van der Waals surface area contributed by atoms with Gasteiger partial charge in [0.05, 0.1) is 17.7 Å². The van der Waals surface area contributed by atoms with E-state index < -0.39 is 11.6 Å². The first-order chi connectivity index (χ1) is 21.5.